The molecule has 0 unspecified atom stereocenters. The van der Waals surface area contributed by atoms with Crippen LogP contribution in [0.25, 0.3) is 11.0 Å². The molecule has 0 spiro atoms. The van der Waals surface area contributed by atoms with E-state index in [-0.39, 0.29) is 5.41 Å². The van der Waals surface area contributed by atoms with Crippen molar-refractivity contribution in [2.24, 2.45) is 5.41 Å². The highest BCUT2D eigenvalue weighted by Crippen LogP contribution is 2.24. The summed E-state index contributed by atoms with van der Waals surface area (Å²) in [6.45, 7) is 10.5. The van der Waals surface area contributed by atoms with Gasteiger partial charge in [-0.2, -0.15) is 15.1 Å². The number of hydrogen-bond acceptors (Lipinski definition) is 5. The van der Waals surface area contributed by atoms with Gasteiger partial charge in [0.1, 0.15) is 5.82 Å². The lowest BCUT2D eigenvalue weighted by molar-refractivity contribution is 0.376. The van der Waals surface area contributed by atoms with Gasteiger partial charge in [0.25, 0.3) is 0 Å². The Kier molecular flexibility index (Phi) is 4.42. The van der Waals surface area contributed by atoms with Gasteiger partial charge in [0.2, 0.25) is 5.95 Å². The van der Waals surface area contributed by atoms with Gasteiger partial charge in [0.15, 0.2) is 5.65 Å². The molecule has 0 radical (unpaired) electrons. The molecular weight excluding hydrogens is 252 g/mol. The predicted molar refractivity (Wildman–Crippen MR) is 83.0 cm³/mol. The predicted octanol–water partition coefficient (Wildman–Crippen LogP) is 3.02. The summed E-state index contributed by atoms with van der Waals surface area (Å²) < 4.78 is 0. The van der Waals surface area contributed by atoms with Gasteiger partial charge in [0, 0.05) is 13.1 Å². The number of anilines is 2. The molecule has 0 aliphatic rings. The average molecular weight is 276 g/mol. The van der Waals surface area contributed by atoms with E-state index in [9.17, 15) is 0 Å². The molecule has 0 atom stereocenters. The van der Waals surface area contributed by atoms with Crippen molar-refractivity contribution < 1.29 is 0 Å². The topological polar surface area (TPSA) is 78.5 Å². The summed E-state index contributed by atoms with van der Waals surface area (Å²) in [6.07, 6.45) is 3.91. The van der Waals surface area contributed by atoms with E-state index < -0.39 is 0 Å². The lowest BCUT2D eigenvalue weighted by Crippen LogP contribution is -2.22. The fourth-order valence-corrected chi connectivity index (χ4v) is 1.73. The van der Waals surface area contributed by atoms with Crippen LogP contribution in [-0.2, 0) is 0 Å². The summed E-state index contributed by atoms with van der Waals surface area (Å²) in [7, 11) is 0. The van der Waals surface area contributed by atoms with Crippen LogP contribution in [0.15, 0.2) is 6.20 Å². The van der Waals surface area contributed by atoms with Gasteiger partial charge in [0.05, 0.1) is 11.6 Å². The molecule has 0 bridgehead atoms. The Morgan fingerprint density at radius 3 is 2.70 bits per heavy atom. The number of nitrogens with zero attached hydrogens (tertiary/aromatic N) is 3. The molecule has 2 aromatic rings. The van der Waals surface area contributed by atoms with Crippen molar-refractivity contribution in [3.05, 3.63) is 6.20 Å². The molecular formula is C14H24N6. The van der Waals surface area contributed by atoms with Crippen molar-refractivity contribution in [1.29, 1.82) is 0 Å². The summed E-state index contributed by atoms with van der Waals surface area (Å²) in [5.74, 6) is 1.48. The Morgan fingerprint density at radius 2 is 2.00 bits per heavy atom. The van der Waals surface area contributed by atoms with Crippen molar-refractivity contribution in [3.8, 4) is 0 Å². The molecule has 0 saturated carbocycles. The molecule has 0 fully saturated rings. The standard InChI is InChI=1S/C14H24N6/c1-5-7-15-13-18-11(16-9-14(3,4)6-2)10-8-17-20-12(10)19-13/h8H,5-7,9H2,1-4H3,(H3,15,16,17,18,19,20). The number of aromatic nitrogens is 4. The third-order valence-corrected chi connectivity index (χ3v) is 3.53. The van der Waals surface area contributed by atoms with Crippen molar-refractivity contribution in [2.45, 2.75) is 40.5 Å². The quantitative estimate of drug-likeness (QED) is 0.724. The number of nitrogens with one attached hydrogen (secondary N) is 3. The zero-order valence-corrected chi connectivity index (χ0v) is 12.7. The fourth-order valence-electron chi connectivity index (χ4n) is 1.73. The molecule has 0 aliphatic carbocycles. The first-order valence-electron chi connectivity index (χ1n) is 7.24. The summed E-state index contributed by atoms with van der Waals surface area (Å²) in [5, 5.41) is 14.5. The molecule has 0 aliphatic heterocycles. The Hall–Kier alpha value is -1.85. The van der Waals surface area contributed by atoms with E-state index in [0.717, 1.165) is 42.8 Å². The second-order valence-corrected chi connectivity index (χ2v) is 5.83. The second-order valence-electron chi connectivity index (χ2n) is 5.83. The maximum atomic E-state index is 4.55. The molecule has 20 heavy (non-hydrogen) atoms. The smallest absolute Gasteiger partial charge is 0.226 e. The van der Waals surface area contributed by atoms with Crippen molar-refractivity contribution in [1.82, 2.24) is 20.2 Å². The van der Waals surface area contributed by atoms with Crippen LogP contribution in [-0.4, -0.2) is 33.3 Å². The molecule has 0 amide bonds. The van der Waals surface area contributed by atoms with Crippen LogP contribution >= 0.6 is 0 Å². The number of aromatic amines is 1. The van der Waals surface area contributed by atoms with E-state index in [1.807, 2.05) is 0 Å². The molecule has 6 nitrogen and oxygen atoms in total. The Labute approximate surface area is 119 Å². The van der Waals surface area contributed by atoms with Gasteiger partial charge < -0.3 is 10.6 Å². The maximum absolute atomic E-state index is 4.55. The Bertz CT molecular complexity index is 560. The van der Waals surface area contributed by atoms with Gasteiger partial charge in [-0.05, 0) is 18.3 Å². The first-order valence-corrected chi connectivity index (χ1v) is 7.24. The minimum Gasteiger partial charge on any atom is -0.369 e. The fraction of sp³-hybridized carbons (Fsp3) is 0.643. The van der Waals surface area contributed by atoms with Crippen LogP contribution in [0, 0.1) is 5.41 Å². The largest absolute Gasteiger partial charge is 0.369 e. The van der Waals surface area contributed by atoms with Gasteiger partial charge in [-0.3, -0.25) is 5.10 Å². The summed E-state index contributed by atoms with van der Waals surface area (Å²) >= 11 is 0. The van der Waals surface area contributed by atoms with E-state index >= 15 is 0 Å². The molecule has 3 N–H and O–H groups in total. The highest BCUT2D eigenvalue weighted by atomic mass is 15.2. The normalized spacial score (nSPS) is 11.8. The van der Waals surface area contributed by atoms with E-state index in [1.165, 1.54) is 0 Å². The number of hydrogen-bond donors (Lipinski definition) is 3. The van der Waals surface area contributed by atoms with Crippen molar-refractivity contribution >= 4 is 22.8 Å². The van der Waals surface area contributed by atoms with Crippen molar-refractivity contribution in [2.75, 3.05) is 23.7 Å². The van der Waals surface area contributed by atoms with E-state index in [1.54, 1.807) is 6.20 Å². The van der Waals surface area contributed by atoms with Gasteiger partial charge in [-0.15, -0.1) is 0 Å². The Morgan fingerprint density at radius 1 is 1.20 bits per heavy atom. The summed E-state index contributed by atoms with van der Waals surface area (Å²) in [5.41, 5.74) is 0.994. The molecule has 6 heteroatoms. The number of fused-ring (bicyclic) bond motifs is 1. The first-order chi connectivity index (χ1) is 9.55. The van der Waals surface area contributed by atoms with Crippen LogP contribution in [0.1, 0.15) is 40.5 Å². The van der Waals surface area contributed by atoms with Crippen molar-refractivity contribution in [3.63, 3.8) is 0 Å². The number of H-pyrrole nitrogens is 1. The minimum absolute atomic E-state index is 0.234. The molecule has 0 saturated heterocycles. The molecule has 110 valence electrons. The van der Waals surface area contributed by atoms with Crippen LogP contribution in [0.5, 0.6) is 0 Å². The third kappa shape index (κ3) is 3.37. The van der Waals surface area contributed by atoms with E-state index in [4.69, 9.17) is 0 Å². The van der Waals surface area contributed by atoms with E-state index in [0.29, 0.717) is 5.95 Å². The van der Waals surface area contributed by atoms with E-state index in [2.05, 4.69) is 58.5 Å². The SMILES string of the molecule is CCCNc1nc(NCC(C)(C)CC)c2cn[nH]c2n1. The molecule has 2 heterocycles. The molecule has 0 aromatic carbocycles. The van der Waals surface area contributed by atoms with Crippen LogP contribution < -0.4 is 10.6 Å². The zero-order valence-electron chi connectivity index (χ0n) is 12.7. The van der Waals surface area contributed by atoms with Crippen LogP contribution in [0.4, 0.5) is 11.8 Å². The third-order valence-electron chi connectivity index (χ3n) is 3.53. The molecule has 2 aromatic heterocycles. The van der Waals surface area contributed by atoms with Crippen LogP contribution in [0.3, 0.4) is 0 Å². The van der Waals surface area contributed by atoms with Gasteiger partial charge in [-0.1, -0.05) is 27.7 Å². The maximum Gasteiger partial charge on any atom is 0.226 e. The lowest BCUT2D eigenvalue weighted by atomic mass is 9.90. The van der Waals surface area contributed by atoms with Crippen LogP contribution in [0.2, 0.25) is 0 Å². The van der Waals surface area contributed by atoms with Gasteiger partial charge >= 0.3 is 0 Å². The average Bonchev–Trinajstić information content (AvgIpc) is 2.91. The first kappa shape index (κ1) is 14.6. The minimum atomic E-state index is 0.234. The Balaban J connectivity index is 2.23. The highest BCUT2D eigenvalue weighted by molar-refractivity contribution is 5.86. The van der Waals surface area contributed by atoms with Gasteiger partial charge in [-0.25, -0.2) is 0 Å². The second kappa shape index (κ2) is 6.07. The zero-order chi connectivity index (χ0) is 14.6. The summed E-state index contributed by atoms with van der Waals surface area (Å²) in [4.78, 5) is 8.97. The summed E-state index contributed by atoms with van der Waals surface area (Å²) in [6, 6.07) is 0. The molecule has 2 rings (SSSR count). The number of rotatable bonds is 7. The highest BCUT2D eigenvalue weighted by Gasteiger charge is 2.16. The lowest BCUT2D eigenvalue weighted by Gasteiger charge is -2.23. The monoisotopic (exact) mass is 276 g/mol.